The molecule has 0 aliphatic rings. The third-order valence-corrected chi connectivity index (χ3v) is 3.41. The zero-order valence-corrected chi connectivity index (χ0v) is 13.0. The summed E-state index contributed by atoms with van der Waals surface area (Å²) in [6, 6.07) is 10.8. The molecule has 0 fully saturated rings. The summed E-state index contributed by atoms with van der Waals surface area (Å²) in [7, 11) is 0. The van der Waals surface area contributed by atoms with Gasteiger partial charge in [-0.25, -0.2) is 4.98 Å². The zero-order valence-electron chi connectivity index (χ0n) is 10.7. The van der Waals surface area contributed by atoms with Gasteiger partial charge in [0, 0.05) is 30.4 Å². The van der Waals surface area contributed by atoms with Gasteiger partial charge in [-0.2, -0.15) is 0 Å². The van der Waals surface area contributed by atoms with Gasteiger partial charge in [-0.3, -0.25) is 9.97 Å². The highest BCUT2D eigenvalue weighted by Crippen LogP contribution is 2.23. The first-order valence-corrected chi connectivity index (χ1v) is 7.09. The average Bonchev–Trinajstić information content (AvgIpc) is 2.52. The minimum absolute atomic E-state index is 0.356. The van der Waals surface area contributed by atoms with Gasteiger partial charge in [-0.1, -0.05) is 34.8 Å². The summed E-state index contributed by atoms with van der Waals surface area (Å²) < 4.78 is 0. The summed E-state index contributed by atoms with van der Waals surface area (Å²) in [4.78, 5) is 11.9. The summed E-state index contributed by atoms with van der Waals surface area (Å²) in [6.07, 6.45) is 6.77. The van der Waals surface area contributed by atoms with Crippen LogP contribution in [0.1, 0.15) is 0 Å². The highest BCUT2D eigenvalue weighted by Gasteiger charge is 2.02. The van der Waals surface area contributed by atoms with E-state index in [1.807, 2.05) is 24.3 Å². The predicted octanol–water partition coefficient (Wildman–Crippen LogP) is 5.19. The molecule has 0 saturated carbocycles. The molecule has 0 spiro atoms. The van der Waals surface area contributed by atoms with Gasteiger partial charge in [-0.05, 0) is 36.4 Å². The van der Waals surface area contributed by atoms with Crippen LogP contribution in [0.5, 0.6) is 0 Å². The Kier molecular flexibility index (Phi) is 5.93. The molecule has 3 heterocycles. The first-order valence-electron chi connectivity index (χ1n) is 5.95. The number of halogens is 3. The highest BCUT2D eigenvalue weighted by atomic mass is 35.5. The van der Waals surface area contributed by atoms with Gasteiger partial charge in [0.2, 0.25) is 0 Å². The van der Waals surface area contributed by atoms with Crippen molar-refractivity contribution in [3.05, 3.63) is 76.4 Å². The molecule has 0 bridgehead atoms. The van der Waals surface area contributed by atoms with Crippen molar-refractivity contribution < 1.29 is 0 Å². The van der Waals surface area contributed by atoms with Crippen LogP contribution in [-0.2, 0) is 0 Å². The van der Waals surface area contributed by atoms with E-state index in [1.165, 1.54) is 0 Å². The normalized spacial score (nSPS) is 9.67. The Balaban J connectivity index is 0.000000173. The Labute approximate surface area is 137 Å². The van der Waals surface area contributed by atoms with Crippen LogP contribution in [-0.4, -0.2) is 15.0 Å². The van der Waals surface area contributed by atoms with Gasteiger partial charge in [0.25, 0.3) is 0 Å². The van der Waals surface area contributed by atoms with E-state index in [2.05, 4.69) is 15.0 Å². The van der Waals surface area contributed by atoms with E-state index < -0.39 is 0 Å². The maximum Gasteiger partial charge on any atom is 0.147 e. The lowest BCUT2D eigenvalue weighted by molar-refractivity contribution is 1.28. The third-order valence-electron chi connectivity index (χ3n) is 2.41. The fraction of sp³-hybridized carbons (Fsp3) is 0. The molecule has 21 heavy (non-hydrogen) atoms. The quantitative estimate of drug-likeness (QED) is 0.573. The molecule has 3 aromatic rings. The number of nitrogens with zero attached hydrogens (tertiary/aromatic N) is 3. The summed E-state index contributed by atoms with van der Waals surface area (Å²) in [5, 5.41) is 1.50. The lowest BCUT2D eigenvalue weighted by Gasteiger charge is -2.00. The van der Waals surface area contributed by atoms with Crippen molar-refractivity contribution in [2.75, 3.05) is 0 Å². The Morgan fingerprint density at radius 3 is 1.90 bits per heavy atom. The molecule has 0 N–H and O–H groups in total. The zero-order chi connectivity index (χ0) is 15.1. The number of pyridine rings is 3. The Hall–Kier alpha value is -1.68. The molecule has 0 radical (unpaired) electrons. The molecule has 6 heteroatoms. The van der Waals surface area contributed by atoms with Gasteiger partial charge in [0.1, 0.15) is 5.15 Å². The van der Waals surface area contributed by atoms with Crippen molar-refractivity contribution in [2.45, 2.75) is 0 Å². The molecule has 0 aromatic carbocycles. The first-order chi connectivity index (χ1) is 10.2. The molecular weight excluding hydrogens is 329 g/mol. The first kappa shape index (κ1) is 15.7. The number of aromatic nitrogens is 3. The lowest BCUT2D eigenvalue weighted by Crippen LogP contribution is -1.84. The molecule has 0 atom stereocenters. The predicted molar refractivity (Wildman–Crippen MR) is 86.7 cm³/mol. The van der Waals surface area contributed by atoms with E-state index in [0.717, 1.165) is 11.3 Å². The van der Waals surface area contributed by atoms with E-state index in [9.17, 15) is 0 Å². The summed E-state index contributed by atoms with van der Waals surface area (Å²) >= 11 is 16.9. The second-order valence-electron chi connectivity index (χ2n) is 3.85. The number of hydrogen-bond acceptors (Lipinski definition) is 3. The van der Waals surface area contributed by atoms with Crippen LogP contribution in [0.2, 0.25) is 15.2 Å². The van der Waals surface area contributed by atoms with Gasteiger partial charge in [-0.15, -0.1) is 0 Å². The number of rotatable bonds is 1. The molecule has 106 valence electrons. The second kappa shape index (κ2) is 7.93. The largest absolute Gasteiger partial charge is 0.264 e. The van der Waals surface area contributed by atoms with Gasteiger partial charge in [0.15, 0.2) is 0 Å². The molecule has 0 amide bonds. The van der Waals surface area contributed by atoms with E-state index in [4.69, 9.17) is 34.8 Å². The molecule has 3 rings (SSSR count). The smallest absolute Gasteiger partial charge is 0.147 e. The topological polar surface area (TPSA) is 38.7 Å². The SMILES string of the molecule is Clc1cccnc1-c1cccnc1.Clc1cccnc1Cl. The fourth-order valence-corrected chi connectivity index (χ4v) is 1.94. The molecule has 0 unspecified atom stereocenters. The van der Waals surface area contributed by atoms with E-state index >= 15 is 0 Å². The molecule has 0 aliphatic heterocycles. The molecule has 0 aliphatic carbocycles. The molecule has 3 nitrogen and oxygen atoms in total. The Morgan fingerprint density at radius 2 is 1.38 bits per heavy atom. The molecule has 0 saturated heterocycles. The van der Waals surface area contributed by atoms with Crippen LogP contribution in [0.15, 0.2) is 61.2 Å². The van der Waals surface area contributed by atoms with Gasteiger partial charge >= 0.3 is 0 Å². The van der Waals surface area contributed by atoms with Crippen molar-refractivity contribution in [3.8, 4) is 11.3 Å². The summed E-state index contributed by atoms with van der Waals surface area (Å²) in [6.45, 7) is 0. The standard InChI is InChI=1S/C10H7ClN2.C5H3Cl2N/c11-9-4-2-6-13-10(9)8-3-1-5-12-7-8;6-4-2-1-3-8-5(4)7/h1-7H;1-3H. The molecule has 3 aromatic heterocycles. The Bertz CT molecular complexity index is 684. The second-order valence-corrected chi connectivity index (χ2v) is 5.02. The van der Waals surface area contributed by atoms with Crippen LogP contribution in [0.4, 0.5) is 0 Å². The third kappa shape index (κ3) is 4.67. The van der Waals surface area contributed by atoms with Gasteiger partial charge in [0.05, 0.1) is 15.7 Å². The van der Waals surface area contributed by atoms with Crippen LogP contribution in [0, 0.1) is 0 Å². The van der Waals surface area contributed by atoms with Crippen molar-refractivity contribution >= 4 is 34.8 Å². The van der Waals surface area contributed by atoms with Crippen LogP contribution >= 0.6 is 34.8 Å². The van der Waals surface area contributed by atoms with Crippen LogP contribution in [0.3, 0.4) is 0 Å². The minimum Gasteiger partial charge on any atom is -0.264 e. The average molecular weight is 339 g/mol. The number of hydrogen-bond donors (Lipinski definition) is 0. The Morgan fingerprint density at radius 1 is 0.714 bits per heavy atom. The monoisotopic (exact) mass is 337 g/mol. The maximum absolute atomic E-state index is 5.97. The minimum atomic E-state index is 0.356. The van der Waals surface area contributed by atoms with Crippen LogP contribution in [0.25, 0.3) is 11.3 Å². The maximum atomic E-state index is 5.97. The molecular formula is C15H10Cl3N3. The van der Waals surface area contributed by atoms with E-state index in [0.29, 0.717) is 15.2 Å². The van der Waals surface area contributed by atoms with Crippen LogP contribution < -0.4 is 0 Å². The fourth-order valence-electron chi connectivity index (χ4n) is 1.47. The van der Waals surface area contributed by atoms with Crippen molar-refractivity contribution in [1.29, 1.82) is 0 Å². The van der Waals surface area contributed by atoms with E-state index in [1.54, 1.807) is 36.9 Å². The van der Waals surface area contributed by atoms with Crippen molar-refractivity contribution in [2.24, 2.45) is 0 Å². The van der Waals surface area contributed by atoms with Gasteiger partial charge < -0.3 is 0 Å². The van der Waals surface area contributed by atoms with Crippen molar-refractivity contribution in [3.63, 3.8) is 0 Å². The summed E-state index contributed by atoms with van der Waals surface area (Å²) in [5.41, 5.74) is 1.71. The lowest BCUT2D eigenvalue weighted by atomic mass is 10.2. The van der Waals surface area contributed by atoms with Crippen molar-refractivity contribution in [1.82, 2.24) is 15.0 Å². The highest BCUT2D eigenvalue weighted by molar-refractivity contribution is 6.41. The van der Waals surface area contributed by atoms with E-state index in [-0.39, 0.29) is 0 Å². The summed E-state index contributed by atoms with van der Waals surface area (Å²) in [5.74, 6) is 0.